The van der Waals surface area contributed by atoms with Crippen LogP contribution in [0, 0.1) is 0 Å². The quantitative estimate of drug-likeness (QED) is 0.870. The molecule has 106 valence electrons. The number of benzene rings is 1. The van der Waals surface area contributed by atoms with E-state index < -0.39 is 0 Å². The Morgan fingerprint density at radius 3 is 2.63 bits per heavy atom. The first-order chi connectivity index (χ1) is 9.08. The first-order valence-electron chi connectivity index (χ1n) is 6.64. The van der Waals surface area contributed by atoms with Crippen LogP contribution in [0.5, 0.6) is 5.75 Å². The van der Waals surface area contributed by atoms with E-state index in [1.807, 2.05) is 18.2 Å². The van der Waals surface area contributed by atoms with Gasteiger partial charge in [-0.2, -0.15) is 0 Å². The predicted molar refractivity (Wildman–Crippen MR) is 78.6 cm³/mol. The third-order valence-electron chi connectivity index (χ3n) is 4.01. The van der Waals surface area contributed by atoms with E-state index in [0.717, 1.165) is 28.6 Å². The molecule has 1 aromatic carbocycles. The van der Waals surface area contributed by atoms with Gasteiger partial charge in [-0.25, -0.2) is 0 Å². The van der Waals surface area contributed by atoms with Crippen LogP contribution in [0.15, 0.2) is 22.7 Å². The second-order valence-corrected chi connectivity index (χ2v) is 6.11. The molecule has 0 saturated heterocycles. The maximum atomic E-state index is 10.3. The molecule has 3 nitrogen and oxygen atoms in total. The number of aliphatic hydroxyl groups excluding tert-OH is 1. The molecule has 0 radical (unpaired) electrons. The van der Waals surface area contributed by atoms with Crippen LogP contribution in [0.1, 0.15) is 31.2 Å². The normalized spacial score (nSPS) is 18.7. The largest absolute Gasteiger partial charge is 0.497 e. The van der Waals surface area contributed by atoms with Gasteiger partial charge in [0.1, 0.15) is 5.75 Å². The van der Waals surface area contributed by atoms with E-state index >= 15 is 0 Å². The third kappa shape index (κ3) is 3.50. The Morgan fingerprint density at radius 1 is 1.37 bits per heavy atom. The van der Waals surface area contributed by atoms with Gasteiger partial charge < -0.3 is 14.6 Å². The van der Waals surface area contributed by atoms with E-state index in [9.17, 15) is 5.11 Å². The second-order valence-electron chi connectivity index (χ2n) is 5.26. The van der Waals surface area contributed by atoms with Gasteiger partial charge in [-0.15, -0.1) is 0 Å². The second kappa shape index (κ2) is 6.25. The lowest BCUT2D eigenvalue weighted by Gasteiger charge is -2.41. The molecule has 1 aliphatic rings. The molecule has 19 heavy (non-hydrogen) atoms. The van der Waals surface area contributed by atoms with E-state index in [1.54, 1.807) is 14.2 Å². The van der Waals surface area contributed by atoms with E-state index in [0.29, 0.717) is 12.8 Å². The highest BCUT2D eigenvalue weighted by Crippen LogP contribution is 2.39. The zero-order chi connectivity index (χ0) is 13.9. The van der Waals surface area contributed by atoms with Crippen molar-refractivity contribution in [1.29, 1.82) is 0 Å². The zero-order valence-electron chi connectivity index (χ0n) is 11.5. The average Bonchev–Trinajstić information content (AvgIpc) is 2.36. The van der Waals surface area contributed by atoms with Crippen LogP contribution in [-0.4, -0.2) is 31.0 Å². The minimum Gasteiger partial charge on any atom is -0.497 e. The number of rotatable bonds is 6. The van der Waals surface area contributed by atoms with Crippen LogP contribution >= 0.6 is 15.9 Å². The van der Waals surface area contributed by atoms with Crippen LogP contribution in [0.2, 0.25) is 0 Å². The molecule has 1 saturated carbocycles. The summed E-state index contributed by atoms with van der Waals surface area (Å²) < 4.78 is 11.8. The Hall–Kier alpha value is -0.580. The van der Waals surface area contributed by atoms with Crippen molar-refractivity contribution in [2.45, 2.75) is 43.8 Å². The molecule has 1 atom stereocenters. The Morgan fingerprint density at radius 2 is 2.11 bits per heavy atom. The summed E-state index contributed by atoms with van der Waals surface area (Å²) in [6.45, 7) is 0. The SMILES string of the molecule is COc1ccc(Br)c(CC(O)CC2(OC)CCC2)c1. The lowest BCUT2D eigenvalue weighted by Crippen LogP contribution is -2.42. The Balaban J connectivity index is 2.00. The van der Waals surface area contributed by atoms with Gasteiger partial charge in [0.15, 0.2) is 0 Å². The number of hydrogen-bond acceptors (Lipinski definition) is 3. The highest BCUT2D eigenvalue weighted by Gasteiger charge is 2.38. The Bertz CT molecular complexity index is 424. The first kappa shape index (κ1) is 14.8. The molecule has 1 unspecified atom stereocenters. The van der Waals surface area contributed by atoms with Gasteiger partial charge in [0, 0.05) is 18.0 Å². The summed E-state index contributed by atoms with van der Waals surface area (Å²) in [7, 11) is 3.39. The highest BCUT2D eigenvalue weighted by molar-refractivity contribution is 9.10. The number of methoxy groups -OCH3 is 2. The monoisotopic (exact) mass is 328 g/mol. The summed E-state index contributed by atoms with van der Waals surface area (Å²) in [6, 6.07) is 5.83. The molecule has 2 rings (SSSR count). The van der Waals surface area contributed by atoms with Crippen molar-refractivity contribution < 1.29 is 14.6 Å². The van der Waals surface area contributed by atoms with Crippen LogP contribution in [0.3, 0.4) is 0 Å². The lowest BCUT2D eigenvalue weighted by molar-refractivity contribution is -0.0989. The number of halogens is 1. The zero-order valence-corrected chi connectivity index (χ0v) is 13.1. The minimum atomic E-state index is -0.386. The van der Waals surface area contributed by atoms with Crippen molar-refractivity contribution in [3.05, 3.63) is 28.2 Å². The summed E-state index contributed by atoms with van der Waals surface area (Å²) >= 11 is 3.52. The van der Waals surface area contributed by atoms with Gasteiger partial charge in [-0.3, -0.25) is 0 Å². The van der Waals surface area contributed by atoms with Crippen LogP contribution in [0.25, 0.3) is 0 Å². The molecule has 0 aliphatic heterocycles. The highest BCUT2D eigenvalue weighted by atomic mass is 79.9. The maximum absolute atomic E-state index is 10.3. The molecule has 0 spiro atoms. The van der Waals surface area contributed by atoms with E-state index in [4.69, 9.17) is 9.47 Å². The molecule has 1 fully saturated rings. The fourth-order valence-electron chi connectivity index (χ4n) is 2.65. The number of hydrogen-bond donors (Lipinski definition) is 1. The maximum Gasteiger partial charge on any atom is 0.119 e. The number of aliphatic hydroxyl groups is 1. The molecular formula is C15H21BrO3. The summed E-state index contributed by atoms with van der Waals surface area (Å²) in [6.07, 6.45) is 4.24. The molecule has 1 N–H and O–H groups in total. The lowest BCUT2D eigenvalue weighted by atomic mass is 9.75. The topological polar surface area (TPSA) is 38.7 Å². The molecule has 1 aromatic rings. The summed E-state index contributed by atoms with van der Waals surface area (Å²) in [4.78, 5) is 0. The van der Waals surface area contributed by atoms with Gasteiger partial charge in [-0.05, 0) is 49.4 Å². The van der Waals surface area contributed by atoms with Gasteiger partial charge >= 0.3 is 0 Å². The average molecular weight is 329 g/mol. The Kier molecular flexibility index (Phi) is 4.87. The van der Waals surface area contributed by atoms with Crippen molar-refractivity contribution in [2.24, 2.45) is 0 Å². The van der Waals surface area contributed by atoms with E-state index in [-0.39, 0.29) is 11.7 Å². The molecule has 4 heteroatoms. The fraction of sp³-hybridized carbons (Fsp3) is 0.600. The van der Waals surface area contributed by atoms with Crippen molar-refractivity contribution in [1.82, 2.24) is 0 Å². The minimum absolute atomic E-state index is 0.0925. The van der Waals surface area contributed by atoms with Crippen molar-refractivity contribution >= 4 is 15.9 Å². The molecule has 1 aliphatic carbocycles. The predicted octanol–water partition coefficient (Wildman–Crippen LogP) is 3.32. The molecule has 0 bridgehead atoms. The summed E-state index contributed by atoms with van der Waals surface area (Å²) in [5.41, 5.74) is 0.975. The fourth-order valence-corrected chi connectivity index (χ4v) is 3.06. The van der Waals surface area contributed by atoms with Crippen LogP contribution in [-0.2, 0) is 11.2 Å². The standard InChI is InChI=1S/C15H21BrO3/c1-18-13-4-5-14(16)11(9-13)8-12(17)10-15(19-2)6-3-7-15/h4-5,9,12,17H,3,6-8,10H2,1-2H3. The molecular weight excluding hydrogens is 308 g/mol. The summed E-state index contributed by atoms with van der Waals surface area (Å²) in [5.74, 6) is 0.815. The first-order valence-corrected chi connectivity index (χ1v) is 7.43. The Labute approximate surface area is 123 Å². The van der Waals surface area contributed by atoms with E-state index in [1.165, 1.54) is 6.42 Å². The van der Waals surface area contributed by atoms with Crippen LogP contribution in [0.4, 0.5) is 0 Å². The summed E-state index contributed by atoms with van der Waals surface area (Å²) in [5, 5.41) is 10.3. The van der Waals surface area contributed by atoms with Gasteiger partial charge in [0.2, 0.25) is 0 Å². The van der Waals surface area contributed by atoms with Crippen molar-refractivity contribution in [3.8, 4) is 5.75 Å². The molecule has 0 aromatic heterocycles. The van der Waals surface area contributed by atoms with Gasteiger partial charge in [0.25, 0.3) is 0 Å². The van der Waals surface area contributed by atoms with Gasteiger partial charge in [-0.1, -0.05) is 15.9 Å². The third-order valence-corrected chi connectivity index (χ3v) is 4.79. The van der Waals surface area contributed by atoms with Crippen LogP contribution < -0.4 is 4.74 Å². The van der Waals surface area contributed by atoms with Crippen molar-refractivity contribution in [3.63, 3.8) is 0 Å². The van der Waals surface area contributed by atoms with Crippen molar-refractivity contribution in [2.75, 3.05) is 14.2 Å². The molecule has 0 amide bonds. The smallest absolute Gasteiger partial charge is 0.119 e. The van der Waals surface area contributed by atoms with Gasteiger partial charge in [0.05, 0.1) is 18.8 Å². The molecule has 0 heterocycles. The number of ether oxygens (including phenoxy) is 2. The van der Waals surface area contributed by atoms with E-state index in [2.05, 4.69) is 15.9 Å².